The molecule has 0 unspecified atom stereocenters. The van der Waals surface area contributed by atoms with Crippen LogP contribution in [0.25, 0.3) is 5.57 Å². The van der Waals surface area contributed by atoms with Crippen LogP contribution in [0, 0.1) is 0 Å². The van der Waals surface area contributed by atoms with E-state index in [2.05, 4.69) is 6.92 Å². The van der Waals surface area contributed by atoms with E-state index in [-0.39, 0.29) is 18.3 Å². The minimum Gasteiger partial charge on any atom is -0.464 e. The summed E-state index contributed by atoms with van der Waals surface area (Å²) in [5.74, 6) is -0.517. The molecule has 152 valence electrons. The molecule has 0 bridgehead atoms. The van der Waals surface area contributed by atoms with Crippen molar-refractivity contribution in [2.75, 3.05) is 13.7 Å². The predicted octanol–water partition coefficient (Wildman–Crippen LogP) is 4.82. The lowest BCUT2D eigenvalue weighted by Gasteiger charge is -2.26. The fraction of sp³-hybridized carbons (Fsp3) is 0.333. The molecule has 3 rings (SSSR count). The van der Waals surface area contributed by atoms with Gasteiger partial charge in [-0.05, 0) is 36.0 Å². The summed E-state index contributed by atoms with van der Waals surface area (Å²) >= 11 is 0. The van der Waals surface area contributed by atoms with Crippen LogP contribution in [0.1, 0.15) is 37.3 Å². The predicted molar refractivity (Wildman–Crippen MR) is 112 cm³/mol. The van der Waals surface area contributed by atoms with Crippen LogP contribution in [0.15, 0.2) is 66.4 Å². The van der Waals surface area contributed by atoms with Gasteiger partial charge in [0.2, 0.25) is 0 Å². The molecule has 29 heavy (non-hydrogen) atoms. The van der Waals surface area contributed by atoms with Gasteiger partial charge in [0.25, 0.3) is 0 Å². The second kappa shape index (κ2) is 9.92. The van der Waals surface area contributed by atoms with Crippen LogP contribution in [-0.2, 0) is 20.7 Å². The smallest absolute Gasteiger partial charge is 0.414 e. The van der Waals surface area contributed by atoms with Gasteiger partial charge in [-0.3, -0.25) is 4.90 Å². The minimum absolute atomic E-state index is 0.240. The first kappa shape index (κ1) is 20.6. The van der Waals surface area contributed by atoms with Gasteiger partial charge in [0.15, 0.2) is 0 Å². The summed E-state index contributed by atoms with van der Waals surface area (Å²) < 4.78 is 10.5. The van der Waals surface area contributed by atoms with Crippen LogP contribution in [0.3, 0.4) is 0 Å². The Labute approximate surface area is 171 Å². The molecule has 0 aliphatic carbocycles. The Morgan fingerprint density at radius 3 is 2.38 bits per heavy atom. The van der Waals surface area contributed by atoms with Crippen molar-refractivity contribution < 1.29 is 19.1 Å². The molecule has 2 aromatic carbocycles. The minimum atomic E-state index is -0.517. The van der Waals surface area contributed by atoms with E-state index in [9.17, 15) is 9.59 Å². The highest BCUT2D eigenvalue weighted by atomic mass is 16.6. The normalized spacial score (nSPS) is 17.0. The molecule has 0 N–H and O–H groups in total. The number of nitrogens with zero attached hydrogens (tertiary/aromatic N) is 1. The Kier molecular flexibility index (Phi) is 7.06. The first-order valence-electron chi connectivity index (χ1n) is 10.0. The molecule has 2 aromatic rings. The maximum atomic E-state index is 12.9. The van der Waals surface area contributed by atoms with Crippen molar-refractivity contribution in [2.45, 2.75) is 38.6 Å². The number of amides is 1. The molecule has 0 saturated carbocycles. The number of cyclic esters (lactones) is 1. The van der Waals surface area contributed by atoms with Gasteiger partial charge < -0.3 is 9.47 Å². The van der Waals surface area contributed by atoms with Crippen molar-refractivity contribution in [3.63, 3.8) is 0 Å². The van der Waals surface area contributed by atoms with Gasteiger partial charge in [-0.1, -0.05) is 74.0 Å². The van der Waals surface area contributed by atoms with Crippen LogP contribution >= 0.6 is 0 Å². The van der Waals surface area contributed by atoms with Crippen molar-refractivity contribution in [3.8, 4) is 0 Å². The summed E-state index contributed by atoms with van der Waals surface area (Å²) in [6.45, 7) is 2.34. The number of unbranched alkanes of at least 4 members (excludes halogenated alkanes) is 1. The monoisotopic (exact) mass is 393 g/mol. The van der Waals surface area contributed by atoms with E-state index >= 15 is 0 Å². The highest BCUT2D eigenvalue weighted by Crippen LogP contribution is 2.32. The fourth-order valence-electron chi connectivity index (χ4n) is 3.63. The number of rotatable bonds is 8. The number of benzene rings is 2. The SMILES string of the molecule is CCCC/C(=C(\C(=O)OC)N1C(=O)OC[C@H]1Cc1ccccc1)c1ccccc1. The molecule has 0 radical (unpaired) electrons. The van der Waals surface area contributed by atoms with E-state index in [0.717, 1.165) is 29.5 Å². The summed E-state index contributed by atoms with van der Waals surface area (Å²) in [5, 5.41) is 0. The Hall–Kier alpha value is -3.08. The van der Waals surface area contributed by atoms with Crippen LogP contribution in [0.4, 0.5) is 4.79 Å². The molecular formula is C24H27NO4. The third kappa shape index (κ3) is 4.86. The standard InChI is InChI=1S/C24H27NO4/c1-3-4-15-21(19-13-9-6-10-14-19)22(23(26)28-2)25-20(17-29-24(25)27)16-18-11-7-5-8-12-18/h5-14,20H,3-4,15-17H2,1-2H3/b22-21-/t20-/m1/s1. The van der Waals surface area contributed by atoms with Gasteiger partial charge in [0.1, 0.15) is 12.3 Å². The zero-order valence-electron chi connectivity index (χ0n) is 17.0. The van der Waals surface area contributed by atoms with Crippen molar-refractivity contribution >= 4 is 17.6 Å². The highest BCUT2D eigenvalue weighted by Gasteiger charge is 2.40. The summed E-state index contributed by atoms with van der Waals surface area (Å²) in [4.78, 5) is 27.1. The van der Waals surface area contributed by atoms with Gasteiger partial charge in [-0.15, -0.1) is 0 Å². The lowest BCUT2D eigenvalue weighted by molar-refractivity contribution is -0.137. The second-order valence-electron chi connectivity index (χ2n) is 7.08. The average molecular weight is 393 g/mol. The average Bonchev–Trinajstić information content (AvgIpc) is 3.11. The molecular weight excluding hydrogens is 366 g/mol. The number of carbonyl (C=O) groups excluding carboxylic acids is 2. The zero-order valence-corrected chi connectivity index (χ0v) is 17.0. The van der Waals surface area contributed by atoms with Crippen LogP contribution in [-0.4, -0.2) is 36.7 Å². The first-order chi connectivity index (χ1) is 14.2. The van der Waals surface area contributed by atoms with E-state index in [1.54, 1.807) is 0 Å². The van der Waals surface area contributed by atoms with Crippen LogP contribution in [0.5, 0.6) is 0 Å². The molecule has 5 nitrogen and oxygen atoms in total. The lowest BCUT2D eigenvalue weighted by Crippen LogP contribution is -2.38. The number of allylic oxidation sites excluding steroid dienone is 1. The molecule has 0 aromatic heterocycles. The Bertz CT molecular complexity index is 861. The topological polar surface area (TPSA) is 55.8 Å². The Balaban J connectivity index is 2.07. The van der Waals surface area contributed by atoms with Crippen molar-refractivity contribution in [2.24, 2.45) is 0 Å². The third-order valence-electron chi connectivity index (χ3n) is 5.08. The Morgan fingerprint density at radius 1 is 1.10 bits per heavy atom. The van der Waals surface area contributed by atoms with E-state index < -0.39 is 12.1 Å². The van der Waals surface area contributed by atoms with Gasteiger partial charge in [-0.25, -0.2) is 9.59 Å². The number of hydrogen-bond acceptors (Lipinski definition) is 4. The van der Waals surface area contributed by atoms with Gasteiger partial charge in [0.05, 0.1) is 13.2 Å². The van der Waals surface area contributed by atoms with E-state index in [0.29, 0.717) is 12.8 Å². The third-order valence-corrected chi connectivity index (χ3v) is 5.08. The van der Waals surface area contributed by atoms with Gasteiger partial charge in [0, 0.05) is 0 Å². The number of carbonyl (C=O) groups is 2. The zero-order chi connectivity index (χ0) is 20.6. The molecule has 1 saturated heterocycles. The summed E-state index contributed by atoms with van der Waals surface area (Å²) in [6.07, 6.45) is 2.64. The highest BCUT2D eigenvalue weighted by molar-refractivity contribution is 6.00. The van der Waals surface area contributed by atoms with E-state index in [4.69, 9.17) is 9.47 Å². The molecule has 1 fully saturated rings. The molecule has 5 heteroatoms. The first-order valence-corrected chi connectivity index (χ1v) is 10.0. The fourth-order valence-corrected chi connectivity index (χ4v) is 3.63. The number of ether oxygens (including phenoxy) is 2. The molecule has 0 spiro atoms. The molecule has 1 atom stereocenters. The second-order valence-corrected chi connectivity index (χ2v) is 7.08. The molecule has 1 aliphatic heterocycles. The van der Waals surface area contributed by atoms with Crippen molar-refractivity contribution in [1.82, 2.24) is 4.90 Å². The molecule has 1 amide bonds. The summed E-state index contributed by atoms with van der Waals surface area (Å²) in [6, 6.07) is 19.4. The quantitative estimate of drug-likeness (QED) is 0.476. The molecule has 1 heterocycles. The molecule has 1 aliphatic rings. The number of methoxy groups -OCH3 is 1. The maximum absolute atomic E-state index is 12.9. The van der Waals surface area contributed by atoms with Crippen LogP contribution < -0.4 is 0 Å². The number of hydrogen-bond donors (Lipinski definition) is 0. The number of esters is 1. The lowest BCUT2D eigenvalue weighted by atomic mass is 9.96. The maximum Gasteiger partial charge on any atom is 0.414 e. The largest absolute Gasteiger partial charge is 0.464 e. The van der Waals surface area contributed by atoms with Crippen molar-refractivity contribution in [1.29, 1.82) is 0 Å². The van der Waals surface area contributed by atoms with Gasteiger partial charge >= 0.3 is 12.1 Å². The van der Waals surface area contributed by atoms with Crippen molar-refractivity contribution in [3.05, 3.63) is 77.5 Å². The van der Waals surface area contributed by atoms with E-state index in [1.807, 2.05) is 60.7 Å². The van der Waals surface area contributed by atoms with Gasteiger partial charge in [-0.2, -0.15) is 0 Å². The summed E-state index contributed by atoms with van der Waals surface area (Å²) in [7, 11) is 1.35. The van der Waals surface area contributed by atoms with Crippen LogP contribution in [0.2, 0.25) is 0 Å². The summed E-state index contributed by atoms with van der Waals surface area (Å²) in [5.41, 5.74) is 3.10. The Morgan fingerprint density at radius 2 is 1.76 bits per heavy atom. The van der Waals surface area contributed by atoms with E-state index in [1.165, 1.54) is 12.0 Å².